The number of benzene rings is 2. The van der Waals surface area contributed by atoms with Crippen LogP contribution in [0.4, 0.5) is 0 Å². The predicted molar refractivity (Wildman–Crippen MR) is 113 cm³/mol. The number of hydrogen-bond acceptors (Lipinski definition) is 5. The van der Waals surface area contributed by atoms with Gasteiger partial charge in [-0.25, -0.2) is 9.59 Å². The van der Waals surface area contributed by atoms with E-state index in [0.717, 1.165) is 48.9 Å². The smallest absolute Gasteiger partial charge is 0.328 e. The van der Waals surface area contributed by atoms with Crippen LogP contribution >= 0.6 is 0 Å². The molecule has 1 atom stereocenters. The van der Waals surface area contributed by atoms with Crippen molar-refractivity contribution >= 4 is 11.9 Å². The Bertz CT molecular complexity index is 860. The number of ether oxygens (including phenoxy) is 2. The zero-order valence-electron chi connectivity index (χ0n) is 17.2. The van der Waals surface area contributed by atoms with Gasteiger partial charge in [0.2, 0.25) is 0 Å². The second kappa shape index (κ2) is 11.6. The molecule has 0 spiro atoms. The molecule has 0 amide bonds. The summed E-state index contributed by atoms with van der Waals surface area (Å²) in [4.78, 5) is 21.5. The highest BCUT2D eigenvalue weighted by Crippen LogP contribution is 2.42. The van der Waals surface area contributed by atoms with Crippen molar-refractivity contribution < 1.29 is 29.3 Å². The molecule has 7 heteroatoms. The van der Waals surface area contributed by atoms with Crippen LogP contribution in [0.2, 0.25) is 0 Å². The van der Waals surface area contributed by atoms with Gasteiger partial charge in [0.05, 0.1) is 0 Å². The van der Waals surface area contributed by atoms with Gasteiger partial charge in [0.15, 0.2) is 11.5 Å². The van der Waals surface area contributed by atoms with Gasteiger partial charge in [-0.3, -0.25) is 0 Å². The quantitative estimate of drug-likeness (QED) is 0.651. The summed E-state index contributed by atoms with van der Waals surface area (Å²) < 4.78 is 12.3. The molecule has 2 N–H and O–H groups in total. The standard InChI is InChI=1S/C19H23NO2.C4H4O4/c1-3-20(4-2)14-13-17-15-9-5-6-10-16(15)21-18-11-7-8-12-19(18)22-17;5-3(6)1-2-4(7)8/h5-12,17H,3-4,13-14H2,1-2H3;1-2H,(H,5,6)(H,7,8)/b;2-1+. The van der Waals surface area contributed by atoms with Crippen LogP contribution in [0.3, 0.4) is 0 Å². The highest BCUT2D eigenvalue weighted by Gasteiger charge is 2.24. The molecule has 0 aliphatic carbocycles. The Morgan fingerprint density at radius 2 is 1.43 bits per heavy atom. The van der Waals surface area contributed by atoms with Crippen molar-refractivity contribution in [1.82, 2.24) is 4.90 Å². The predicted octanol–water partition coefficient (Wildman–Crippen LogP) is 4.36. The second-order valence-electron chi connectivity index (χ2n) is 6.52. The van der Waals surface area contributed by atoms with E-state index in [1.54, 1.807) is 0 Å². The molecule has 0 fully saturated rings. The maximum absolute atomic E-state index is 9.55. The molecule has 0 bridgehead atoms. The maximum Gasteiger partial charge on any atom is 0.328 e. The van der Waals surface area contributed by atoms with Crippen molar-refractivity contribution in [1.29, 1.82) is 0 Å². The monoisotopic (exact) mass is 413 g/mol. The van der Waals surface area contributed by atoms with E-state index in [2.05, 4.69) is 24.8 Å². The summed E-state index contributed by atoms with van der Waals surface area (Å²) in [5, 5.41) is 15.6. The normalized spacial score (nSPS) is 14.4. The first-order chi connectivity index (χ1) is 14.4. The average Bonchev–Trinajstić information content (AvgIpc) is 2.90. The van der Waals surface area contributed by atoms with Crippen molar-refractivity contribution in [3.05, 3.63) is 66.2 Å². The zero-order valence-corrected chi connectivity index (χ0v) is 17.2. The molecule has 160 valence electrons. The first-order valence-electron chi connectivity index (χ1n) is 9.83. The van der Waals surface area contributed by atoms with Gasteiger partial charge < -0.3 is 24.6 Å². The largest absolute Gasteiger partial charge is 0.482 e. The maximum atomic E-state index is 9.55. The number of carbonyl (C=O) groups is 2. The van der Waals surface area contributed by atoms with E-state index < -0.39 is 11.9 Å². The fourth-order valence-electron chi connectivity index (χ4n) is 3.00. The molecule has 1 unspecified atom stereocenters. The SMILES string of the molecule is CCN(CC)CCC1Oc2ccccc2Oc2ccccc21.O=C(O)/C=C/C(=O)O. The Kier molecular flexibility index (Phi) is 8.90. The Labute approximate surface area is 176 Å². The van der Waals surface area contributed by atoms with Gasteiger partial charge in [0, 0.05) is 30.7 Å². The van der Waals surface area contributed by atoms with E-state index in [1.165, 1.54) is 0 Å². The number of hydrogen-bond donors (Lipinski definition) is 2. The minimum Gasteiger partial charge on any atom is -0.482 e. The molecule has 1 aliphatic heterocycles. The van der Waals surface area contributed by atoms with Crippen LogP contribution in [0.15, 0.2) is 60.7 Å². The van der Waals surface area contributed by atoms with Gasteiger partial charge in [-0.05, 0) is 31.3 Å². The van der Waals surface area contributed by atoms with Crippen LogP contribution < -0.4 is 9.47 Å². The van der Waals surface area contributed by atoms with Crippen molar-refractivity contribution in [2.24, 2.45) is 0 Å². The lowest BCUT2D eigenvalue weighted by atomic mass is 10.0. The molecular formula is C23H27NO6. The number of carboxylic acids is 2. The van der Waals surface area contributed by atoms with Crippen LogP contribution in [0.5, 0.6) is 17.2 Å². The molecular weight excluding hydrogens is 386 g/mol. The van der Waals surface area contributed by atoms with Crippen LogP contribution in [0.1, 0.15) is 31.9 Å². The summed E-state index contributed by atoms with van der Waals surface area (Å²) in [5.74, 6) is 0.000308. The second-order valence-corrected chi connectivity index (χ2v) is 6.52. The number of para-hydroxylation sites is 3. The molecule has 0 aromatic heterocycles. The van der Waals surface area contributed by atoms with Gasteiger partial charge in [-0.2, -0.15) is 0 Å². The van der Waals surface area contributed by atoms with Gasteiger partial charge in [-0.1, -0.05) is 44.2 Å². The summed E-state index contributed by atoms with van der Waals surface area (Å²) in [6, 6.07) is 16.1. The third-order valence-electron chi connectivity index (χ3n) is 4.57. The summed E-state index contributed by atoms with van der Waals surface area (Å²) >= 11 is 0. The highest BCUT2D eigenvalue weighted by atomic mass is 16.5. The first kappa shape index (κ1) is 23.0. The molecule has 0 saturated carbocycles. The summed E-state index contributed by atoms with van der Waals surface area (Å²) in [6.07, 6.45) is 2.10. The number of fused-ring (bicyclic) bond motifs is 2. The zero-order chi connectivity index (χ0) is 21.9. The lowest BCUT2D eigenvalue weighted by Crippen LogP contribution is -2.26. The third kappa shape index (κ3) is 6.93. The molecule has 7 nitrogen and oxygen atoms in total. The van der Waals surface area contributed by atoms with Gasteiger partial charge in [-0.15, -0.1) is 0 Å². The van der Waals surface area contributed by atoms with Crippen molar-refractivity contribution in [3.63, 3.8) is 0 Å². The Morgan fingerprint density at radius 1 is 0.900 bits per heavy atom. The molecule has 0 saturated heterocycles. The Balaban J connectivity index is 0.000000343. The van der Waals surface area contributed by atoms with E-state index in [0.29, 0.717) is 12.2 Å². The fraction of sp³-hybridized carbons (Fsp3) is 0.304. The van der Waals surface area contributed by atoms with Crippen LogP contribution in [0, 0.1) is 0 Å². The molecule has 0 radical (unpaired) electrons. The summed E-state index contributed by atoms with van der Waals surface area (Å²) in [5.41, 5.74) is 1.13. The van der Waals surface area contributed by atoms with Crippen molar-refractivity contribution in [3.8, 4) is 17.2 Å². The van der Waals surface area contributed by atoms with E-state index in [-0.39, 0.29) is 6.10 Å². The lowest BCUT2D eigenvalue weighted by Gasteiger charge is -2.23. The first-order valence-corrected chi connectivity index (χ1v) is 9.83. The summed E-state index contributed by atoms with van der Waals surface area (Å²) in [6.45, 7) is 7.55. The minimum absolute atomic E-state index is 0.0282. The number of rotatable bonds is 7. The number of carboxylic acid groups (broad SMARTS) is 2. The third-order valence-corrected chi connectivity index (χ3v) is 4.57. The van der Waals surface area contributed by atoms with Crippen molar-refractivity contribution in [2.45, 2.75) is 26.4 Å². The van der Waals surface area contributed by atoms with Crippen LogP contribution in [-0.2, 0) is 9.59 Å². The number of nitrogens with zero attached hydrogens (tertiary/aromatic N) is 1. The van der Waals surface area contributed by atoms with E-state index in [1.807, 2.05) is 42.5 Å². The molecule has 2 aromatic carbocycles. The number of aliphatic carboxylic acids is 2. The highest BCUT2D eigenvalue weighted by molar-refractivity contribution is 5.89. The average molecular weight is 413 g/mol. The van der Waals surface area contributed by atoms with E-state index in [4.69, 9.17) is 19.7 Å². The summed E-state index contributed by atoms with van der Waals surface area (Å²) in [7, 11) is 0. The van der Waals surface area contributed by atoms with E-state index >= 15 is 0 Å². The lowest BCUT2D eigenvalue weighted by molar-refractivity contribution is -0.134. The molecule has 3 rings (SSSR count). The van der Waals surface area contributed by atoms with E-state index in [9.17, 15) is 9.59 Å². The topological polar surface area (TPSA) is 96.3 Å². The Hall–Kier alpha value is -3.32. The van der Waals surface area contributed by atoms with Crippen LogP contribution in [0.25, 0.3) is 0 Å². The van der Waals surface area contributed by atoms with Gasteiger partial charge in [0.1, 0.15) is 11.9 Å². The molecule has 1 aliphatic rings. The van der Waals surface area contributed by atoms with Crippen LogP contribution in [-0.4, -0.2) is 46.7 Å². The van der Waals surface area contributed by atoms with Gasteiger partial charge >= 0.3 is 11.9 Å². The molecule has 1 heterocycles. The van der Waals surface area contributed by atoms with Crippen molar-refractivity contribution in [2.75, 3.05) is 19.6 Å². The molecule has 2 aromatic rings. The van der Waals surface area contributed by atoms with Gasteiger partial charge in [0.25, 0.3) is 0 Å². The fourth-order valence-corrected chi connectivity index (χ4v) is 3.00. The molecule has 30 heavy (non-hydrogen) atoms. The Morgan fingerprint density at radius 3 is 2.00 bits per heavy atom. The minimum atomic E-state index is -1.26.